The Morgan fingerprint density at radius 3 is 3.23 bits per heavy atom. The van der Waals surface area contributed by atoms with Crippen molar-refractivity contribution >= 4 is 34.2 Å². The molecule has 1 aliphatic heterocycles. The van der Waals surface area contributed by atoms with E-state index < -0.39 is 0 Å². The predicted molar refractivity (Wildman–Crippen MR) is 55.8 cm³/mol. The van der Waals surface area contributed by atoms with Crippen molar-refractivity contribution in [1.82, 2.24) is 4.98 Å². The molecule has 0 bridgehead atoms. The number of fused-ring (bicyclic) bond motifs is 1. The molecule has 0 saturated heterocycles. The molecule has 0 radical (unpaired) electrons. The number of carbonyl (C=O) groups excluding carboxylic acids is 1. The molecule has 0 saturated carbocycles. The molecule has 13 heavy (non-hydrogen) atoms. The monoisotopic (exact) mass is 290 g/mol. The lowest BCUT2D eigenvalue weighted by molar-refractivity contribution is -0.118. The summed E-state index contributed by atoms with van der Waals surface area (Å²) < 4.78 is 6.04. The zero-order valence-corrected chi connectivity index (χ0v) is 9.08. The Bertz CT molecular complexity index is 379. The van der Waals surface area contributed by atoms with Crippen molar-refractivity contribution in [3.63, 3.8) is 0 Å². The molecule has 2 rings (SSSR count). The summed E-state index contributed by atoms with van der Waals surface area (Å²) in [5, 5.41) is 2.70. The van der Waals surface area contributed by atoms with Gasteiger partial charge < -0.3 is 10.1 Å². The van der Waals surface area contributed by atoms with Crippen molar-refractivity contribution in [3.05, 3.63) is 15.3 Å². The number of halogens is 1. The summed E-state index contributed by atoms with van der Waals surface area (Å²) in [6.07, 6.45) is 0. The predicted octanol–water partition coefficient (Wildman–Crippen LogP) is 1.33. The molecule has 1 aromatic rings. The first-order valence-electron chi connectivity index (χ1n) is 3.76. The standard InChI is InChI=1S/C8H7IN2O2/c1-4-2-5-8(11-7(4)9)13-3-6(12)10-5/h2H,3H2,1H3,(H,10,12). The van der Waals surface area contributed by atoms with Crippen molar-refractivity contribution in [2.45, 2.75) is 6.92 Å². The molecule has 0 fully saturated rings. The first kappa shape index (κ1) is 8.74. The van der Waals surface area contributed by atoms with Gasteiger partial charge in [0, 0.05) is 0 Å². The summed E-state index contributed by atoms with van der Waals surface area (Å²) in [6.45, 7) is 1.99. The van der Waals surface area contributed by atoms with Crippen LogP contribution in [0.25, 0.3) is 0 Å². The van der Waals surface area contributed by atoms with Gasteiger partial charge in [0.2, 0.25) is 5.88 Å². The Kier molecular flexibility index (Phi) is 2.10. The summed E-state index contributed by atoms with van der Waals surface area (Å²) in [5.41, 5.74) is 1.69. The van der Waals surface area contributed by atoms with Gasteiger partial charge in [0.1, 0.15) is 9.39 Å². The van der Waals surface area contributed by atoms with Crippen molar-refractivity contribution in [3.8, 4) is 5.88 Å². The molecule has 4 nitrogen and oxygen atoms in total. The van der Waals surface area contributed by atoms with Crippen molar-refractivity contribution in [1.29, 1.82) is 0 Å². The van der Waals surface area contributed by atoms with Crippen LogP contribution < -0.4 is 10.1 Å². The Hall–Kier alpha value is -0.850. The van der Waals surface area contributed by atoms with Crippen LogP contribution in [-0.4, -0.2) is 17.5 Å². The average molecular weight is 290 g/mol. The van der Waals surface area contributed by atoms with E-state index in [1.54, 1.807) is 0 Å². The number of ether oxygens (including phenoxy) is 1. The van der Waals surface area contributed by atoms with Gasteiger partial charge in [0.05, 0.1) is 0 Å². The fourth-order valence-corrected chi connectivity index (χ4v) is 1.47. The number of hydrogen-bond acceptors (Lipinski definition) is 3. The highest BCUT2D eigenvalue weighted by molar-refractivity contribution is 14.1. The molecule has 1 aromatic heterocycles. The van der Waals surface area contributed by atoms with Crippen LogP contribution in [0.4, 0.5) is 5.69 Å². The summed E-state index contributed by atoms with van der Waals surface area (Å²) in [7, 11) is 0. The summed E-state index contributed by atoms with van der Waals surface area (Å²) >= 11 is 2.13. The summed E-state index contributed by atoms with van der Waals surface area (Å²) in [5.74, 6) is 0.379. The Morgan fingerprint density at radius 2 is 2.46 bits per heavy atom. The van der Waals surface area contributed by atoms with E-state index in [1.165, 1.54) is 0 Å². The SMILES string of the molecule is Cc1cc2c(nc1I)OCC(=O)N2. The van der Waals surface area contributed by atoms with Crippen LogP contribution in [-0.2, 0) is 4.79 Å². The van der Waals surface area contributed by atoms with Gasteiger partial charge in [0.25, 0.3) is 5.91 Å². The van der Waals surface area contributed by atoms with Crippen LogP contribution in [0, 0.1) is 10.6 Å². The number of carbonyl (C=O) groups is 1. The maximum atomic E-state index is 11.0. The number of nitrogens with zero attached hydrogens (tertiary/aromatic N) is 1. The number of aryl methyl sites for hydroxylation is 1. The minimum absolute atomic E-state index is 0.0547. The van der Waals surface area contributed by atoms with E-state index >= 15 is 0 Å². The number of aromatic nitrogens is 1. The van der Waals surface area contributed by atoms with Gasteiger partial charge in [-0.2, -0.15) is 0 Å². The van der Waals surface area contributed by atoms with Crippen LogP contribution in [0.2, 0.25) is 0 Å². The van der Waals surface area contributed by atoms with Gasteiger partial charge >= 0.3 is 0 Å². The molecule has 0 spiro atoms. The zero-order chi connectivity index (χ0) is 9.42. The highest BCUT2D eigenvalue weighted by Crippen LogP contribution is 2.27. The third kappa shape index (κ3) is 1.60. The van der Waals surface area contributed by atoms with E-state index in [0.717, 1.165) is 9.26 Å². The average Bonchev–Trinajstić information content (AvgIpc) is 2.08. The van der Waals surface area contributed by atoms with Gasteiger partial charge in [-0.15, -0.1) is 0 Å². The number of hydrogen-bond donors (Lipinski definition) is 1. The summed E-state index contributed by atoms with van der Waals surface area (Å²) in [6, 6.07) is 1.86. The van der Waals surface area contributed by atoms with Crippen LogP contribution in [0.1, 0.15) is 5.56 Å². The topological polar surface area (TPSA) is 51.2 Å². The Morgan fingerprint density at radius 1 is 1.69 bits per heavy atom. The number of rotatable bonds is 0. The minimum atomic E-state index is -0.130. The molecule has 5 heteroatoms. The Balaban J connectivity index is 2.49. The van der Waals surface area contributed by atoms with Crippen LogP contribution >= 0.6 is 22.6 Å². The zero-order valence-electron chi connectivity index (χ0n) is 6.93. The molecule has 2 heterocycles. The highest BCUT2D eigenvalue weighted by Gasteiger charge is 2.18. The summed E-state index contributed by atoms with van der Waals surface area (Å²) in [4.78, 5) is 15.2. The number of anilines is 1. The first-order valence-corrected chi connectivity index (χ1v) is 4.84. The number of pyridine rings is 1. The van der Waals surface area contributed by atoms with Crippen LogP contribution in [0.15, 0.2) is 6.07 Å². The fourth-order valence-electron chi connectivity index (χ4n) is 1.10. The second-order valence-corrected chi connectivity index (χ2v) is 3.81. The van der Waals surface area contributed by atoms with Crippen molar-refractivity contribution < 1.29 is 9.53 Å². The van der Waals surface area contributed by atoms with E-state index in [0.29, 0.717) is 11.6 Å². The molecule has 0 aromatic carbocycles. The number of amides is 1. The third-order valence-electron chi connectivity index (χ3n) is 1.73. The molecular weight excluding hydrogens is 283 g/mol. The lowest BCUT2D eigenvalue weighted by Crippen LogP contribution is -2.26. The normalized spacial score (nSPS) is 14.5. The third-order valence-corrected chi connectivity index (χ3v) is 2.82. The Labute approximate surface area is 88.8 Å². The smallest absolute Gasteiger partial charge is 0.262 e. The lowest BCUT2D eigenvalue weighted by atomic mass is 10.2. The van der Waals surface area contributed by atoms with E-state index in [1.807, 2.05) is 13.0 Å². The van der Waals surface area contributed by atoms with Crippen LogP contribution in [0.5, 0.6) is 5.88 Å². The van der Waals surface area contributed by atoms with Gasteiger partial charge in [-0.3, -0.25) is 4.79 Å². The first-order chi connectivity index (χ1) is 6.16. The second kappa shape index (κ2) is 3.13. The van der Waals surface area contributed by atoms with Gasteiger partial charge in [0.15, 0.2) is 6.61 Å². The molecular formula is C8H7IN2O2. The van der Waals surface area contributed by atoms with Crippen molar-refractivity contribution in [2.24, 2.45) is 0 Å². The molecule has 1 aliphatic rings. The quantitative estimate of drug-likeness (QED) is 0.579. The lowest BCUT2D eigenvalue weighted by Gasteiger charge is -2.17. The number of nitrogens with one attached hydrogen (secondary N) is 1. The maximum absolute atomic E-state index is 11.0. The highest BCUT2D eigenvalue weighted by atomic mass is 127. The second-order valence-electron chi connectivity index (χ2n) is 2.79. The van der Waals surface area contributed by atoms with E-state index in [4.69, 9.17) is 4.74 Å². The largest absolute Gasteiger partial charge is 0.466 e. The van der Waals surface area contributed by atoms with E-state index in [-0.39, 0.29) is 12.5 Å². The minimum Gasteiger partial charge on any atom is -0.466 e. The van der Waals surface area contributed by atoms with Gasteiger partial charge in [-0.05, 0) is 41.1 Å². The molecule has 0 aliphatic carbocycles. The molecule has 68 valence electrons. The van der Waals surface area contributed by atoms with Gasteiger partial charge in [-0.1, -0.05) is 0 Å². The van der Waals surface area contributed by atoms with Crippen LogP contribution in [0.3, 0.4) is 0 Å². The van der Waals surface area contributed by atoms with Crippen molar-refractivity contribution in [2.75, 3.05) is 11.9 Å². The molecule has 0 atom stereocenters. The van der Waals surface area contributed by atoms with E-state index in [2.05, 4.69) is 32.9 Å². The molecule has 1 N–H and O–H groups in total. The molecule has 0 unspecified atom stereocenters. The van der Waals surface area contributed by atoms with E-state index in [9.17, 15) is 4.79 Å². The van der Waals surface area contributed by atoms with Gasteiger partial charge in [-0.25, -0.2) is 4.98 Å². The maximum Gasteiger partial charge on any atom is 0.262 e. The fraction of sp³-hybridized carbons (Fsp3) is 0.250. The molecule has 1 amide bonds.